The lowest BCUT2D eigenvalue weighted by Crippen LogP contribution is -2.26. The minimum Gasteiger partial charge on any atom is -0.299 e. The highest BCUT2D eigenvalue weighted by atomic mass is 16.1. The summed E-state index contributed by atoms with van der Waals surface area (Å²) in [6.07, 6.45) is 5.50. The lowest BCUT2D eigenvalue weighted by atomic mass is 9.74. The van der Waals surface area contributed by atoms with Crippen LogP contribution in [0.3, 0.4) is 0 Å². The number of hydrogen-bond donors (Lipinski definition) is 0. The van der Waals surface area contributed by atoms with Gasteiger partial charge in [-0.1, -0.05) is 5.57 Å². The number of rotatable bonds is 1. The summed E-state index contributed by atoms with van der Waals surface area (Å²) in [5.74, 6) is 0.618. The van der Waals surface area contributed by atoms with E-state index in [1.165, 1.54) is 5.57 Å². The van der Waals surface area contributed by atoms with E-state index in [1.54, 1.807) is 6.92 Å². The predicted octanol–water partition coefficient (Wildman–Crippen LogP) is 2.43. The first kappa shape index (κ1) is 9.63. The average Bonchev–Trinajstić information content (AvgIpc) is 2.18. The molecule has 0 N–H and O–H groups in total. The van der Waals surface area contributed by atoms with E-state index in [4.69, 9.17) is 0 Å². The topological polar surface area (TPSA) is 34.1 Å². The van der Waals surface area contributed by atoms with Crippen LogP contribution in [0.1, 0.15) is 45.4 Å². The van der Waals surface area contributed by atoms with Gasteiger partial charge in [0.2, 0.25) is 0 Å². The molecule has 2 nitrogen and oxygen atoms in total. The van der Waals surface area contributed by atoms with Crippen molar-refractivity contribution in [2.75, 3.05) is 0 Å². The Morgan fingerprint density at radius 1 is 1.21 bits per heavy atom. The number of carbonyl (C=O) groups is 2. The third kappa shape index (κ3) is 1.54. The van der Waals surface area contributed by atoms with Crippen LogP contribution >= 0.6 is 0 Å². The maximum atomic E-state index is 11.6. The fourth-order valence-corrected chi connectivity index (χ4v) is 2.68. The first-order valence-corrected chi connectivity index (χ1v) is 5.45. The van der Waals surface area contributed by atoms with Crippen molar-refractivity contribution in [1.29, 1.82) is 0 Å². The van der Waals surface area contributed by atoms with Gasteiger partial charge >= 0.3 is 0 Å². The van der Waals surface area contributed by atoms with Crippen LogP contribution in [0.4, 0.5) is 0 Å². The van der Waals surface area contributed by atoms with Gasteiger partial charge in [-0.05, 0) is 44.6 Å². The standard InChI is InChI=1S/C12H16O2/c1-8(13)9-6-7-12(14)11-5-3-2-4-10(9)11/h9H,2-7H2,1H3. The molecular weight excluding hydrogens is 176 g/mol. The smallest absolute Gasteiger partial charge is 0.158 e. The summed E-state index contributed by atoms with van der Waals surface area (Å²) in [5.41, 5.74) is 2.18. The highest BCUT2D eigenvalue weighted by Crippen LogP contribution is 2.37. The zero-order valence-corrected chi connectivity index (χ0v) is 8.64. The molecule has 2 rings (SSSR count). The van der Waals surface area contributed by atoms with Crippen molar-refractivity contribution in [2.45, 2.75) is 45.4 Å². The van der Waals surface area contributed by atoms with Crippen LogP contribution in [0.2, 0.25) is 0 Å². The fraction of sp³-hybridized carbons (Fsp3) is 0.667. The molecule has 0 saturated carbocycles. The molecule has 1 atom stereocenters. The molecule has 0 aromatic rings. The molecule has 0 aromatic carbocycles. The third-order valence-corrected chi connectivity index (χ3v) is 3.42. The zero-order chi connectivity index (χ0) is 10.1. The van der Waals surface area contributed by atoms with E-state index in [-0.39, 0.29) is 11.7 Å². The number of allylic oxidation sites excluding steroid dienone is 2. The lowest BCUT2D eigenvalue weighted by Gasteiger charge is -2.29. The van der Waals surface area contributed by atoms with Gasteiger partial charge in [-0.2, -0.15) is 0 Å². The van der Waals surface area contributed by atoms with Crippen LogP contribution in [0.5, 0.6) is 0 Å². The SMILES string of the molecule is CC(=O)C1CCC(=O)C2=C1CCCC2. The summed E-state index contributed by atoms with van der Waals surface area (Å²) in [7, 11) is 0. The van der Waals surface area contributed by atoms with E-state index in [9.17, 15) is 9.59 Å². The second kappa shape index (κ2) is 3.68. The maximum absolute atomic E-state index is 11.6. The number of hydrogen-bond acceptors (Lipinski definition) is 2. The molecule has 0 spiro atoms. The minimum atomic E-state index is 0.0722. The predicted molar refractivity (Wildman–Crippen MR) is 53.9 cm³/mol. The van der Waals surface area contributed by atoms with E-state index in [0.29, 0.717) is 12.2 Å². The molecule has 14 heavy (non-hydrogen) atoms. The Morgan fingerprint density at radius 3 is 2.64 bits per heavy atom. The molecule has 0 bridgehead atoms. The van der Waals surface area contributed by atoms with Crippen molar-refractivity contribution >= 4 is 11.6 Å². The first-order valence-electron chi connectivity index (χ1n) is 5.45. The van der Waals surface area contributed by atoms with Crippen LogP contribution in [0.25, 0.3) is 0 Å². The number of ketones is 2. The quantitative estimate of drug-likeness (QED) is 0.639. The van der Waals surface area contributed by atoms with Crippen LogP contribution < -0.4 is 0 Å². The second-order valence-electron chi connectivity index (χ2n) is 4.34. The molecular formula is C12H16O2. The maximum Gasteiger partial charge on any atom is 0.158 e. The highest BCUT2D eigenvalue weighted by Gasteiger charge is 2.31. The van der Waals surface area contributed by atoms with Gasteiger partial charge in [0.25, 0.3) is 0 Å². The van der Waals surface area contributed by atoms with E-state index in [1.807, 2.05) is 0 Å². The van der Waals surface area contributed by atoms with Gasteiger partial charge in [-0.25, -0.2) is 0 Å². The normalized spacial score (nSPS) is 27.5. The molecule has 0 aliphatic heterocycles. The highest BCUT2D eigenvalue weighted by molar-refractivity contribution is 5.99. The van der Waals surface area contributed by atoms with Crippen LogP contribution in [-0.4, -0.2) is 11.6 Å². The van der Waals surface area contributed by atoms with Gasteiger partial charge in [0.15, 0.2) is 5.78 Å². The van der Waals surface area contributed by atoms with E-state index in [2.05, 4.69) is 0 Å². The van der Waals surface area contributed by atoms with Crippen molar-refractivity contribution in [1.82, 2.24) is 0 Å². The molecule has 1 unspecified atom stereocenters. The molecule has 2 heteroatoms. The van der Waals surface area contributed by atoms with Gasteiger partial charge in [0, 0.05) is 12.3 Å². The Morgan fingerprint density at radius 2 is 1.93 bits per heavy atom. The Hall–Kier alpha value is -0.920. The van der Waals surface area contributed by atoms with Crippen LogP contribution in [0, 0.1) is 5.92 Å². The monoisotopic (exact) mass is 192 g/mol. The number of Topliss-reactive ketones (excluding diaryl/α,β-unsaturated/α-hetero) is 2. The molecule has 0 amide bonds. The molecule has 0 aromatic heterocycles. The Bertz CT molecular complexity index is 312. The lowest BCUT2D eigenvalue weighted by molar-refractivity contribution is -0.121. The summed E-state index contributed by atoms with van der Waals surface area (Å²) in [6.45, 7) is 1.65. The fourth-order valence-electron chi connectivity index (χ4n) is 2.68. The average molecular weight is 192 g/mol. The van der Waals surface area contributed by atoms with Crippen molar-refractivity contribution in [3.05, 3.63) is 11.1 Å². The van der Waals surface area contributed by atoms with Crippen molar-refractivity contribution in [2.24, 2.45) is 5.92 Å². The van der Waals surface area contributed by atoms with Crippen molar-refractivity contribution in [3.63, 3.8) is 0 Å². The molecule has 0 heterocycles. The van der Waals surface area contributed by atoms with Gasteiger partial charge in [0.1, 0.15) is 5.78 Å². The minimum absolute atomic E-state index is 0.0722. The van der Waals surface area contributed by atoms with Crippen LogP contribution in [-0.2, 0) is 9.59 Å². The summed E-state index contributed by atoms with van der Waals surface area (Å²) >= 11 is 0. The van der Waals surface area contributed by atoms with Crippen molar-refractivity contribution in [3.8, 4) is 0 Å². The van der Waals surface area contributed by atoms with Crippen LogP contribution in [0.15, 0.2) is 11.1 Å². The molecule has 0 fully saturated rings. The van der Waals surface area contributed by atoms with Gasteiger partial charge < -0.3 is 0 Å². The van der Waals surface area contributed by atoms with Crippen molar-refractivity contribution < 1.29 is 9.59 Å². The van der Waals surface area contributed by atoms with E-state index in [0.717, 1.165) is 37.7 Å². The number of carbonyl (C=O) groups excluding carboxylic acids is 2. The van der Waals surface area contributed by atoms with Gasteiger partial charge in [-0.15, -0.1) is 0 Å². The van der Waals surface area contributed by atoms with E-state index >= 15 is 0 Å². The van der Waals surface area contributed by atoms with Gasteiger partial charge in [0.05, 0.1) is 0 Å². The largest absolute Gasteiger partial charge is 0.299 e. The Kier molecular flexibility index (Phi) is 2.53. The molecule has 0 saturated heterocycles. The Labute approximate surface area is 84.4 Å². The summed E-state index contributed by atoms with van der Waals surface area (Å²) in [6, 6.07) is 0. The second-order valence-corrected chi connectivity index (χ2v) is 4.34. The summed E-state index contributed by atoms with van der Waals surface area (Å²) < 4.78 is 0. The zero-order valence-electron chi connectivity index (χ0n) is 8.64. The summed E-state index contributed by atoms with van der Waals surface area (Å²) in [4.78, 5) is 23.0. The first-order chi connectivity index (χ1) is 6.70. The molecule has 0 radical (unpaired) electrons. The molecule has 76 valence electrons. The van der Waals surface area contributed by atoms with E-state index < -0.39 is 0 Å². The third-order valence-electron chi connectivity index (χ3n) is 3.42. The molecule has 2 aliphatic carbocycles. The summed E-state index contributed by atoms with van der Waals surface area (Å²) in [5, 5.41) is 0. The Balaban J connectivity index is 2.35. The van der Waals surface area contributed by atoms with Gasteiger partial charge in [-0.3, -0.25) is 9.59 Å². The molecule has 2 aliphatic rings.